The molecule has 0 saturated carbocycles. The molecule has 2 heteroatoms. The first-order chi connectivity index (χ1) is 8.24. The second kappa shape index (κ2) is 3.74. The van der Waals surface area contributed by atoms with Gasteiger partial charge in [-0.3, -0.25) is 0 Å². The first-order valence-electron chi connectivity index (χ1n) is 5.75. The number of pyridine rings is 1. The number of benzene rings is 1. The zero-order chi connectivity index (χ0) is 11.8. The minimum atomic E-state index is 1.03. The summed E-state index contributed by atoms with van der Waals surface area (Å²) in [5.74, 6) is 0. The van der Waals surface area contributed by atoms with E-state index in [-0.39, 0.29) is 0 Å². The standard InChI is InChI=1S/C15H14N2/c1-11-8-12(2)15-16-14(10-17(15)9-11)13-6-4-3-5-7-13/h3-10H,1-2H3. The van der Waals surface area contributed by atoms with Gasteiger partial charge in [0.15, 0.2) is 0 Å². The summed E-state index contributed by atoms with van der Waals surface area (Å²) in [6.07, 6.45) is 4.20. The molecule has 2 heterocycles. The summed E-state index contributed by atoms with van der Waals surface area (Å²) in [5, 5.41) is 0. The van der Waals surface area contributed by atoms with E-state index in [0.717, 1.165) is 16.9 Å². The topological polar surface area (TPSA) is 17.3 Å². The van der Waals surface area contributed by atoms with Gasteiger partial charge in [-0.2, -0.15) is 0 Å². The summed E-state index contributed by atoms with van der Waals surface area (Å²) in [4.78, 5) is 4.69. The fourth-order valence-electron chi connectivity index (χ4n) is 2.19. The van der Waals surface area contributed by atoms with E-state index in [0.29, 0.717) is 0 Å². The lowest BCUT2D eigenvalue weighted by molar-refractivity contribution is 1.13. The van der Waals surface area contributed by atoms with Gasteiger partial charge < -0.3 is 4.40 Å². The number of hydrogen-bond donors (Lipinski definition) is 0. The lowest BCUT2D eigenvalue weighted by atomic mass is 10.2. The summed E-state index contributed by atoms with van der Waals surface area (Å²) in [7, 11) is 0. The van der Waals surface area contributed by atoms with Gasteiger partial charge in [0.05, 0.1) is 5.69 Å². The third kappa shape index (κ3) is 1.72. The Morgan fingerprint density at radius 1 is 1.00 bits per heavy atom. The first-order valence-corrected chi connectivity index (χ1v) is 5.75. The van der Waals surface area contributed by atoms with Gasteiger partial charge in [0, 0.05) is 18.0 Å². The Bertz CT molecular complexity index is 666. The lowest BCUT2D eigenvalue weighted by Gasteiger charge is -1.98. The van der Waals surface area contributed by atoms with E-state index in [4.69, 9.17) is 0 Å². The average Bonchev–Trinajstić information content (AvgIpc) is 2.74. The monoisotopic (exact) mass is 222 g/mol. The Kier molecular flexibility index (Phi) is 2.22. The molecule has 0 spiro atoms. The van der Waals surface area contributed by atoms with Gasteiger partial charge in [-0.05, 0) is 25.0 Å². The SMILES string of the molecule is Cc1cc(C)c2nc(-c3ccccc3)cn2c1. The highest BCUT2D eigenvalue weighted by Crippen LogP contribution is 2.20. The van der Waals surface area contributed by atoms with Crippen molar-refractivity contribution >= 4 is 5.65 Å². The molecule has 0 N–H and O–H groups in total. The Balaban J connectivity index is 2.24. The van der Waals surface area contributed by atoms with Crippen LogP contribution in [0.25, 0.3) is 16.9 Å². The number of fused-ring (bicyclic) bond motifs is 1. The maximum Gasteiger partial charge on any atom is 0.140 e. The largest absolute Gasteiger partial charge is 0.306 e. The predicted molar refractivity (Wildman–Crippen MR) is 70.1 cm³/mol. The maximum absolute atomic E-state index is 4.69. The number of imidazole rings is 1. The lowest BCUT2D eigenvalue weighted by Crippen LogP contribution is -1.88. The molecule has 2 nitrogen and oxygen atoms in total. The van der Waals surface area contributed by atoms with Gasteiger partial charge in [-0.1, -0.05) is 36.4 Å². The van der Waals surface area contributed by atoms with Crippen LogP contribution >= 0.6 is 0 Å². The number of rotatable bonds is 1. The normalized spacial score (nSPS) is 10.9. The van der Waals surface area contributed by atoms with Crippen LogP contribution in [0.15, 0.2) is 48.8 Å². The van der Waals surface area contributed by atoms with Crippen LogP contribution in [-0.2, 0) is 0 Å². The van der Waals surface area contributed by atoms with Crippen molar-refractivity contribution in [3.63, 3.8) is 0 Å². The second-order valence-electron chi connectivity index (χ2n) is 4.42. The Morgan fingerprint density at radius 3 is 2.53 bits per heavy atom. The summed E-state index contributed by atoms with van der Waals surface area (Å²) in [6, 6.07) is 12.4. The van der Waals surface area contributed by atoms with E-state index in [1.54, 1.807) is 0 Å². The van der Waals surface area contributed by atoms with E-state index in [2.05, 4.69) is 53.8 Å². The molecule has 17 heavy (non-hydrogen) atoms. The van der Waals surface area contributed by atoms with Crippen LogP contribution in [0.5, 0.6) is 0 Å². The Hall–Kier alpha value is -2.09. The summed E-state index contributed by atoms with van der Waals surface area (Å²) >= 11 is 0. The minimum Gasteiger partial charge on any atom is -0.306 e. The van der Waals surface area contributed by atoms with Crippen LogP contribution in [0.4, 0.5) is 0 Å². The minimum absolute atomic E-state index is 1.03. The first kappa shape index (κ1) is 10.1. The predicted octanol–water partition coefficient (Wildman–Crippen LogP) is 3.62. The molecular weight excluding hydrogens is 208 g/mol. The smallest absolute Gasteiger partial charge is 0.140 e. The van der Waals surface area contributed by atoms with Gasteiger partial charge in [0.2, 0.25) is 0 Å². The maximum atomic E-state index is 4.69. The quantitative estimate of drug-likeness (QED) is 0.614. The van der Waals surface area contributed by atoms with E-state index in [1.165, 1.54) is 11.1 Å². The third-order valence-corrected chi connectivity index (χ3v) is 2.94. The number of aryl methyl sites for hydroxylation is 2. The zero-order valence-electron chi connectivity index (χ0n) is 10.0. The van der Waals surface area contributed by atoms with Crippen molar-refractivity contribution in [3.8, 4) is 11.3 Å². The molecule has 0 radical (unpaired) electrons. The van der Waals surface area contributed by atoms with Gasteiger partial charge >= 0.3 is 0 Å². The number of aromatic nitrogens is 2. The highest BCUT2D eigenvalue weighted by molar-refractivity contribution is 5.64. The van der Waals surface area contributed by atoms with E-state index in [1.807, 2.05) is 18.2 Å². The van der Waals surface area contributed by atoms with Gasteiger partial charge in [-0.25, -0.2) is 4.98 Å². The summed E-state index contributed by atoms with van der Waals surface area (Å²) in [5.41, 5.74) is 5.70. The van der Waals surface area contributed by atoms with Crippen LogP contribution in [0.1, 0.15) is 11.1 Å². The second-order valence-corrected chi connectivity index (χ2v) is 4.42. The molecule has 0 amide bonds. The molecule has 0 bridgehead atoms. The molecule has 0 aliphatic rings. The highest BCUT2D eigenvalue weighted by Gasteiger charge is 2.06. The van der Waals surface area contributed by atoms with Crippen molar-refractivity contribution < 1.29 is 0 Å². The molecule has 84 valence electrons. The molecule has 0 aliphatic carbocycles. The van der Waals surface area contributed by atoms with Crippen molar-refractivity contribution in [2.75, 3.05) is 0 Å². The molecule has 3 aromatic rings. The van der Waals surface area contributed by atoms with Gasteiger partial charge in [-0.15, -0.1) is 0 Å². The highest BCUT2D eigenvalue weighted by atomic mass is 15.0. The van der Waals surface area contributed by atoms with Crippen molar-refractivity contribution in [3.05, 3.63) is 59.9 Å². The van der Waals surface area contributed by atoms with Crippen LogP contribution in [0, 0.1) is 13.8 Å². The van der Waals surface area contributed by atoms with Gasteiger partial charge in [0.25, 0.3) is 0 Å². The summed E-state index contributed by atoms with van der Waals surface area (Å²) in [6.45, 7) is 4.21. The average molecular weight is 222 g/mol. The van der Waals surface area contributed by atoms with Crippen molar-refractivity contribution in [1.29, 1.82) is 0 Å². The van der Waals surface area contributed by atoms with Crippen LogP contribution in [-0.4, -0.2) is 9.38 Å². The van der Waals surface area contributed by atoms with Crippen molar-refractivity contribution in [1.82, 2.24) is 9.38 Å². The molecule has 0 aliphatic heterocycles. The van der Waals surface area contributed by atoms with Crippen molar-refractivity contribution in [2.45, 2.75) is 13.8 Å². The van der Waals surface area contributed by atoms with E-state index in [9.17, 15) is 0 Å². The van der Waals surface area contributed by atoms with Crippen LogP contribution in [0.2, 0.25) is 0 Å². The molecule has 3 rings (SSSR count). The molecule has 1 aromatic carbocycles. The molecular formula is C15H14N2. The van der Waals surface area contributed by atoms with Gasteiger partial charge in [0.1, 0.15) is 5.65 Å². The van der Waals surface area contributed by atoms with E-state index < -0.39 is 0 Å². The molecule has 0 unspecified atom stereocenters. The number of hydrogen-bond acceptors (Lipinski definition) is 1. The molecule has 2 aromatic heterocycles. The van der Waals surface area contributed by atoms with Crippen LogP contribution < -0.4 is 0 Å². The molecule has 0 fully saturated rings. The van der Waals surface area contributed by atoms with Crippen LogP contribution in [0.3, 0.4) is 0 Å². The molecule has 0 saturated heterocycles. The Labute approximate surface area is 101 Å². The zero-order valence-corrected chi connectivity index (χ0v) is 10.0. The summed E-state index contributed by atoms with van der Waals surface area (Å²) < 4.78 is 2.10. The van der Waals surface area contributed by atoms with Crippen molar-refractivity contribution in [2.24, 2.45) is 0 Å². The molecule has 0 atom stereocenters. The Morgan fingerprint density at radius 2 is 1.76 bits per heavy atom. The third-order valence-electron chi connectivity index (χ3n) is 2.94. The fraction of sp³-hybridized carbons (Fsp3) is 0.133. The fourth-order valence-corrected chi connectivity index (χ4v) is 2.19. The van der Waals surface area contributed by atoms with E-state index >= 15 is 0 Å². The number of nitrogens with zero attached hydrogens (tertiary/aromatic N) is 2.